The lowest BCUT2D eigenvalue weighted by Gasteiger charge is -2.31. The maximum Gasteiger partial charge on any atom is 0.185 e. The summed E-state index contributed by atoms with van der Waals surface area (Å²) in [6, 6.07) is 4.33. The zero-order valence-corrected chi connectivity index (χ0v) is 14.7. The third kappa shape index (κ3) is 3.77. The first-order valence-corrected chi connectivity index (χ1v) is 9.60. The summed E-state index contributed by atoms with van der Waals surface area (Å²) in [4.78, 5) is 15.0. The molecular weight excluding hydrogens is 320 g/mol. The van der Waals surface area contributed by atoms with E-state index in [1.54, 1.807) is 0 Å². The summed E-state index contributed by atoms with van der Waals surface area (Å²) in [6.07, 6.45) is 8.35. The Bertz CT molecular complexity index is 633. The fraction of sp³-hybridized carbons (Fsp3) is 0.556. The number of hydrogen-bond donors (Lipinski definition) is 0. The molecule has 0 N–H and O–H groups in total. The summed E-state index contributed by atoms with van der Waals surface area (Å²) in [7, 11) is 0. The number of piperidine rings is 1. The van der Waals surface area contributed by atoms with Gasteiger partial charge in [0.15, 0.2) is 5.13 Å². The molecule has 2 aromatic heterocycles. The summed E-state index contributed by atoms with van der Waals surface area (Å²) < 4.78 is 5.42. The zero-order valence-electron chi connectivity index (χ0n) is 13.9. The maximum absolute atomic E-state index is 5.42. The molecule has 24 heavy (non-hydrogen) atoms. The van der Waals surface area contributed by atoms with Gasteiger partial charge in [-0.25, -0.2) is 4.98 Å². The van der Waals surface area contributed by atoms with Crippen LogP contribution in [0.25, 0.3) is 0 Å². The first-order chi connectivity index (χ1) is 11.9. The molecule has 0 aromatic carbocycles. The summed E-state index contributed by atoms with van der Waals surface area (Å²) >= 11 is 1.84. The van der Waals surface area contributed by atoms with E-state index in [9.17, 15) is 0 Å². The maximum atomic E-state index is 5.42. The van der Waals surface area contributed by atoms with E-state index in [0.717, 1.165) is 51.1 Å². The highest BCUT2D eigenvalue weighted by molar-refractivity contribution is 7.15. The molecule has 0 unspecified atom stereocenters. The topological polar surface area (TPSA) is 41.5 Å². The molecule has 2 saturated heterocycles. The van der Waals surface area contributed by atoms with Crippen molar-refractivity contribution in [3.8, 4) is 0 Å². The van der Waals surface area contributed by atoms with Crippen molar-refractivity contribution in [1.29, 1.82) is 0 Å². The third-order valence-corrected chi connectivity index (χ3v) is 6.01. The number of likely N-dealkylation sites (tertiary alicyclic amines) is 1. The molecule has 4 heterocycles. The molecule has 6 heteroatoms. The van der Waals surface area contributed by atoms with E-state index in [4.69, 9.17) is 4.74 Å². The second-order valence-corrected chi connectivity index (χ2v) is 7.63. The Hall–Kier alpha value is -1.50. The van der Waals surface area contributed by atoms with Crippen molar-refractivity contribution < 1.29 is 4.74 Å². The van der Waals surface area contributed by atoms with Crippen molar-refractivity contribution in [3.63, 3.8) is 0 Å². The van der Waals surface area contributed by atoms with Crippen LogP contribution in [0.3, 0.4) is 0 Å². The van der Waals surface area contributed by atoms with Crippen LogP contribution in [0.2, 0.25) is 0 Å². The normalized spacial score (nSPS) is 20.4. The minimum atomic E-state index is 0.689. The predicted octanol–water partition coefficient (Wildman–Crippen LogP) is 2.75. The number of thiazole rings is 1. The van der Waals surface area contributed by atoms with E-state index < -0.39 is 0 Å². The Labute approximate surface area is 147 Å². The molecular formula is C18H24N4OS. The number of hydrogen-bond acceptors (Lipinski definition) is 6. The fourth-order valence-electron chi connectivity index (χ4n) is 3.55. The quantitative estimate of drug-likeness (QED) is 0.853. The third-order valence-electron chi connectivity index (χ3n) is 4.97. The lowest BCUT2D eigenvalue weighted by molar-refractivity contribution is 0.122. The van der Waals surface area contributed by atoms with Gasteiger partial charge in [0.1, 0.15) is 0 Å². The van der Waals surface area contributed by atoms with Gasteiger partial charge < -0.3 is 9.64 Å². The van der Waals surface area contributed by atoms with Crippen LogP contribution in [0.15, 0.2) is 30.7 Å². The molecule has 128 valence electrons. The zero-order chi connectivity index (χ0) is 16.2. The number of anilines is 1. The van der Waals surface area contributed by atoms with Crippen molar-refractivity contribution in [3.05, 3.63) is 41.2 Å². The average Bonchev–Trinajstić information content (AvgIpc) is 3.12. The lowest BCUT2D eigenvalue weighted by Crippen LogP contribution is -2.36. The molecule has 0 spiro atoms. The van der Waals surface area contributed by atoms with Crippen LogP contribution in [-0.2, 0) is 11.3 Å². The van der Waals surface area contributed by atoms with E-state index in [0.29, 0.717) is 5.92 Å². The van der Waals surface area contributed by atoms with E-state index in [-0.39, 0.29) is 0 Å². The van der Waals surface area contributed by atoms with Crippen LogP contribution in [0, 0.1) is 0 Å². The molecule has 0 amide bonds. The molecule has 2 fully saturated rings. The molecule has 0 saturated carbocycles. The van der Waals surface area contributed by atoms with Crippen LogP contribution in [-0.4, -0.2) is 54.3 Å². The molecule has 4 rings (SSSR count). The van der Waals surface area contributed by atoms with Crippen LogP contribution in [0.1, 0.15) is 29.2 Å². The number of morpholine rings is 1. The van der Waals surface area contributed by atoms with Gasteiger partial charge >= 0.3 is 0 Å². The predicted molar refractivity (Wildman–Crippen MR) is 96.6 cm³/mol. The highest BCUT2D eigenvalue weighted by Crippen LogP contribution is 2.30. The van der Waals surface area contributed by atoms with Gasteiger partial charge in [-0.1, -0.05) is 0 Å². The van der Waals surface area contributed by atoms with E-state index in [1.807, 2.05) is 23.7 Å². The highest BCUT2D eigenvalue weighted by atomic mass is 32.1. The van der Waals surface area contributed by atoms with Gasteiger partial charge in [0.25, 0.3) is 0 Å². The number of ether oxygens (including phenoxy) is 1. The van der Waals surface area contributed by atoms with E-state index in [2.05, 4.69) is 38.1 Å². The van der Waals surface area contributed by atoms with Gasteiger partial charge in [0.2, 0.25) is 0 Å². The largest absolute Gasteiger partial charge is 0.378 e. The molecule has 0 radical (unpaired) electrons. The van der Waals surface area contributed by atoms with Gasteiger partial charge in [-0.2, -0.15) is 0 Å². The summed E-state index contributed by atoms with van der Waals surface area (Å²) in [5, 5.41) is 1.15. The van der Waals surface area contributed by atoms with Gasteiger partial charge in [0.05, 0.1) is 13.2 Å². The van der Waals surface area contributed by atoms with Crippen molar-refractivity contribution in [2.45, 2.75) is 25.3 Å². The number of pyridine rings is 1. The number of aromatic nitrogens is 2. The number of rotatable bonds is 4. The highest BCUT2D eigenvalue weighted by Gasteiger charge is 2.21. The summed E-state index contributed by atoms with van der Waals surface area (Å²) in [5.41, 5.74) is 1.44. The van der Waals surface area contributed by atoms with Crippen molar-refractivity contribution in [1.82, 2.24) is 14.9 Å². The van der Waals surface area contributed by atoms with Crippen LogP contribution in [0.5, 0.6) is 0 Å². The Kier molecular flexibility index (Phi) is 5.06. The Morgan fingerprint density at radius 2 is 1.83 bits per heavy atom. The Balaban J connectivity index is 1.30. The van der Waals surface area contributed by atoms with Crippen LogP contribution < -0.4 is 4.90 Å². The van der Waals surface area contributed by atoms with Crippen molar-refractivity contribution >= 4 is 16.5 Å². The summed E-state index contributed by atoms with van der Waals surface area (Å²) in [5.74, 6) is 0.689. The smallest absolute Gasteiger partial charge is 0.185 e. The Morgan fingerprint density at radius 3 is 2.58 bits per heavy atom. The molecule has 0 aliphatic carbocycles. The molecule has 2 aliphatic rings. The fourth-order valence-corrected chi connectivity index (χ4v) is 4.56. The van der Waals surface area contributed by atoms with Crippen molar-refractivity contribution in [2.75, 3.05) is 44.3 Å². The Morgan fingerprint density at radius 1 is 1.08 bits per heavy atom. The standard InChI is InChI=1S/C18H24N4OS/c1-5-19-6-2-15(1)16-3-7-21(8-4-16)14-17-13-20-18(24-17)22-9-11-23-12-10-22/h1-2,5-6,13,16H,3-4,7-12,14H2. The monoisotopic (exact) mass is 344 g/mol. The van der Waals surface area contributed by atoms with E-state index in [1.165, 1.54) is 23.3 Å². The molecule has 2 aromatic rings. The SMILES string of the molecule is c1cc(C2CCN(Cc3cnc(N4CCOCC4)s3)CC2)ccn1. The second-order valence-electron chi connectivity index (χ2n) is 6.54. The average molecular weight is 344 g/mol. The van der Waals surface area contributed by atoms with Gasteiger partial charge in [0, 0.05) is 43.1 Å². The van der Waals surface area contributed by atoms with Gasteiger partial charge in [-0.05, 0) is 49.5 Å². The first kappa shape index (κ1) is 16.0. The van der Waals surface area contributed by atoms with Crippen molar-refractivity contribution in [2.24, 2.45) is 0 Å². The summed E-state index contributed by atoms with van der Waals surface area (Å²) in [6.45, 7) is 6.92. The minimum absolute atomic E-state index is 0.689. The second kappa shape index (κ2) is 7.59. The van der Waals surface area contributed by atoms with Gasteiger partial charge in [-0.3, -0.25) is 9.88 Å². The van der Waals surface area contributed by atoms with Crippen LogP contribution in [0.4, 0.5) is 5.13 Å². The van der Waals surface area contributed by atoms with Gasteiger partial charge in [-0.15, -0.1) is 11.3 Å². The molecule has 5 nitrogen and oxygen atoms in total. The number of nitrogens with zero attached hydrogens (tertiary/aromatic N) is 4. The minimum Gasteiger partial charge on any atom is -0.378 e. The molecule has 2 aliphatic heterocycles. The first-order valence-electron chi connectivity index (χ1n) is 8.78. The molecule has 0 atom stereocenters. The molecule has 0 bridgehead atoms. The van der Waals surface area contributed by atoms with E-state index >= 15 is 0 Å². The van der Waals surface area contributed by atoms with Crippen LogP contribution >= 0.6 is 11.3 Å². The lowest BCUT2D eigenvalue weighted by atomic mass is 9.90.